The summed E-state index contributed by atoms with van der Waals surface area (Å²) in [5, 5.41) is 11.6. The maximum absolute atomic E-state index is 12.5. The van der Waals surface area contributed by atoms with Crippen LogP contribution in [-0.4, -0.2) is 48.5 Å². The average molecular weight is 404 g/mol. The molecule has 0 atom stereocenters. The normalized spacial score (nSPS) is 14.1. The van der Waals surface area contributed by atoms with E-state index >= 15 is 0 Å². The predicted molar refractivity (Wildman–Crippen MR) is 108 cm³/mol. The third kappa shape index (κ3) is 4.36. The van der Waals surface area contributed by atoms with Gasteiger partial charge in [0.25, 0.3) is 11.6 Å². The zero-order chi connectivity index (χ0) is 20.3. The quantitative estimate of drug-likeness (QED) is 0.563. The maximum atomic E-state index is 12.5. The molecule has 2 aromatic carbocycles. The Labute approximate surface area is 168 Å². The van der Waals surface area contributed by atoms with Gasteiger partial charge in [0.2, 0.25) is 0 Å². The predicted octanol–water partition coefficient (Wildman–Crippen LogP) is 3.59. The van der Waals surface area contributed by atoms with Gasteiger partial charge in [0, 0.05) is 37.3 Å². The van der Waals surface area contributed by atoms with Gasteiger partial charge in [-0.1, -0.05) is 29.8 Å². The molecule has 1 aliphatic heterocycles. The Hall–Kier alpha value is -2.80. The number of aryl methyl sites for hydroxylation is 2. The van der Waals surface area contributed by atoms with Gasteiger partial charge in [-0.05, 0) is 37.1 Å². The molecule has 0 radical (unpaired) electrons. The second-order valence-electron chi connectivity index (χ2n) is 6.77. The van der Waals surface area contributed by atoms with Gasteiger partial charge in [0.05, 0.1) is 4.92 Å². The van der Waals surface area contributed by atoms with Gasteiger partial charge in [-0.3, -0.25) is 14.9 Å². The highest BCUT2D eigenvalue weighted by Gasteiger charge is 2.26. The zero-order valence-electron chi connectivity index (χ0n) is 15.9. The summed E-state index contributed by atoms with van der Waals surface area (Å²) in [6.07, 6.45) is 0. The molecule has 148 valence electrons. The first-order valence-electron chi connectivity index (χ1n) is 9.02. The molecule has 1 aliphatic rings. The van der Waals surface area contributed by atoms with Gasteiger partial charge in [0.1, 0.15) is 11.4 Å². The Morgan fingerprint density at radius 3 is 2.39 bits per heavy atom. The van der Waals surface area contributed by atoms with Crippen LogP contribution in [0.2, 0.25) is 5.02 Å². The number of piperazine rings is 1. The van der Waals surface area contributed by atoms with E-state index in [-0.39, 0.29) is 18.2 Å². The number of nitrogens with zero attached hydrogens (tertiary/aromatic N) is 3. The van der Waals surface area contributed by atoms with Gasteiger partial charge < -0.3 is 14.5 Å². The van der Waals surface area contributed by atoms with Crippen LogP contribution >= 0.6 is 11.6 Å². The van der Waals surface area contributed by atoms with E-state index in [2.05, 4.69) is 0 Å². The molecule has 0 bridgehead atoms. The van der Waals surface area contributed by atoms with E-state index in [4.69, 9.17) is 16.3 Å². The van der Waals surface area contributed by atoms with Crippen molar-refractivity contribution in [3.63, 3.8) is 0 Å². The number of nitro benzene ring substituents is 1. The van der Waals surface area contributed by atoms with Gasteiger partial charge >= 0.3 is 0 Å². The number of ether oxygens (including phenoxy) is 1. The van der Waals surface area contributed by atoms with Crippen LogP contribution in [0.15, 0.2) is 36.4 Å². The van der Waals surface area contributed by atoms with Crippen molar-refractivity contribution < 1.29 is 14.5 Å². The van der Waals surface area contributed by atoms with Crippen molar-refractivity contribution in [2.45, 2.75) is 13.8 Å². The molecule has 1 amide bonds. The van der Waals surface area contributed by atoms with E-state index in [1.54, 1.807) is 17.0 Å². The number of rotatable bonds is 5. The lowest BCUT2D eigenvalue weighted by Crippen LogP contribution is -2.50. The lowest BCUT2D eigenvalue weighted by Gasteiger charge is -2.35. The van der Waals surface area contributed by atoms with E-state index in [1.165, 1.54) is 6.07 Å². The SMILES string of the molecule is Cc1cccc(C)c1OCC(=O)N1CCN(c2ccc(Cl)cc2[N+](=O)[O-])CC1. The summed E-state index contributed by atoms with van der Waals surface area (Å²) in [7, 11) is 0. The van der Waals surface area contributed by atoms with Crippen molar-refractivity contribution >= 4 is 28.9 Å². The fraction of sp³-hybridized carbons (Fsp3) is 0.350. The molecule has 0 unspecified atom stereocenters. The molecule has 2 aromatic rings. The Bertz CT molecular complexity index is 875. The molecule has 0 saturated carbocycles. The van der Waals surface area contributed by atoms with E-state index < -0.39 is 4.92 Å². The fourth-order valence-corrected chi connectivity index (χ4v) is 3.53. The number of hydrogen-bond acceptors (Lipinski definition) is 5. The Morgan fingerprint density at radius 1 is 1.14 bits per heavy atom. The summed E-state index contributed by atoms with van der Waals surface area (Å²) in [5.41, 5.74) is 2.49. The summed E-state index contributed by atoms with van der Waals surface area (Å²) < 4.78 is 5.75. The van der Waals surface area contributed by atoms with Crippen molar-refractivity contribution in [3.05, 3.63) is 62.7 Å². The molecule has 1 heterocycles. The molecular formula is C20H22ClN3O4. The van der Waals surface area contributed by atoms with Crippen LogP contribution in [0.5, 0.6) is 5.75 Å². The summed E-state index contributed by atoms with van der Waals surface area (Å²) in [5.74, 6) is 0.652. The van der Waals surface area contributed by atoms with Crippen LogP contribution in [0, 0.1) is 24.0 Å². The Balaban J connectivity index is 1.60. The molecule has 7 nitrogen and oxygen atoms in total. The van der Waals surface area contributed by atoms with Crippen LogP contribution in [0.25, 0.3) is 0 Å². The number of hydrogen-bond donors (Lipinski definition) is 0. The van der Waals surface area contributed by atoms with Gasteiger partial charge in [-0.2, -0.15) is 0 Å². The van der Waals surface area contributed by atoms with Crippen molar-refractivity contribution in [2.75, 3.05) is 37.7 Å². The smallest absolute Gasteiger partial charge is 0.294 e. The number of para-hydroxylation sites is 1. The maximum Gasteiger partial charge on any atom is 0.294 e. The monoisotopic (exact) mass is 403 g/mol. The first-order chi connectivity index (χ1) is 13.4. The van der Waals surface area contributed by atoms with E-state index in [9.17, 15) is 14.9 Å². The number of halogens is 1. The van der Waals surface area contributed by atoms with Crippen LogP contribution in [-0.2, 0) is 4.79 Å². The van der Waals surface area contributed by atoms with Crippen LogP contribution in [0.1, 0.15) is 11.1 Å². The standard InChI is InChI=1S/C20H22ClN3O4/c1-14-4-3-5-15(2)20(14)28-13-19(25)23-10-8-22(9-11-23)17-7-6-16(21)12-18(17)24(26)27/h3-7,12H,8-11,13H2,1-2H3. The first kappa shape index (κ1) is 19.9. The van der Waals surface area contributed by atoms with Gasteiger partial charge in [-0.25, -0.2) is 0 Å². The zero-order valence-corrected chi connectivity index (χ0v) is 16.6. The number of carbonyl (C=O) groups is 1. The minimum absolute atomic E-state index is 0.0210. The topological polar surface area (TPSA) is 75.9 Å². The minimum atomic E-state index is -0.433. The highest BCUT2D eigenvalue weighted by atomic mass is 35.5. The van der Waals surface area contributed by atoms with E-state index in [0.717, 1.165) is 16.9 Å². The fourth-order valence-electron chi connectivity index (χ4n) is 3.36. The Kier molecular flexibility index (Phi) is 6.04. The summed E-state index contributed by atoms with van der Waals surface area (Å²) in [6.45, 7) is 5.86. The van der Waals surface area contributed by atoms with Crippen molar-refractivity contribution in [3.8, 4) is 5.75 Å². The van der Waals surface area contributed by atoms with E-state index in [0.29, 0.717) is 36.9 Å². The molecule has 0 aromatic heterocycles. The first-order valence-corrected chi connectivity index (χ1v) is 9.40. The lowest BCUT2D eigenvalue weighted by atomic mass is 10.1. The molecule has 0 spiro atoms. The largest absolute Gasteiger partial charge is 0.483 e. The van der Waals surface area contributed by atoms with Crippen LogP contribution < -0.4 is 9.64 Å². The van der Waals surface area contributed by atoms with Gasteiger partial charge in [-0.15, -0.1) is 0 Å². The molecule has 0 aliphatic carbocycles. The highest BCUT2D eigenvalue weighted by Crippen LogP contribution is 2.31. The second-order valence-corrected chi connectivity index (χ2v) is 7.20. The van der Waals surface area contributed by atoms with Crippen LogP contribution in [0.4, 0.5) is 11.4 Å². The number of carbonyl (C=O) groups excluding carboxylic acids is 1. The third-order valence-corrected chi connectivity index (χ3v) is 5.09. The summed E-state index contributed by atoms with van der Waals surface area (Å²) in [6, 6.07) is 10.5. The Morgan fingerprint density at radius 2 is 1.79 bits per heavy atom. The molecular weight excluding hydrogens is 382 g/mol. The summed E-state index contributed by atoms with van der Waals surface area (Å²) >= 11 is 5.88. The summed E-state index contributed by atoms with van der Waals surface area (Å²) in [4.78, 5) is 27.0. The van der Waals surface area contributed by atoms with Crippen molar-refractivity contribution in [1.29, 1.82) is 0 Å². The molecule has 0 N–H and O–H groups in total. The molecule has 3 rings (SSSR count). The number of nitro groups is 1. The third-order valence-electron chi connectivity index (χ3n) is 4.86. The molecule has 1 saturated heterocycles. The molecule has 28 heavy (non-hydrogen) atoms. The number of anilines is 1. The van der Waals surface area contributed by atoms with Crippen molar-refractivity contribution in [1.82, 2.24) is 4.90 Å². The number of amides is 1. The lowest BCUT2D eigenvalue weighted by molar-refractivity contribution is -0.384. The second kappa shape index (κ2) is 8.48. The molecule has 1 fully saturated rings. The number of benzene rings is 2. The van der Waals surface area contributed by atoms with Crippen molar-refractivity contribution in [2.24, 2.45) is 0 Å². The van der Waals surface area contributed by atoms with Crippen LogP contribution in [0.3, 0.4) is 0 Å². The van der Waals surface area contributed by atoms with E-state index in [1.807, 2.05) is 36.9 Å². The average Bonchev–Trinajstić information content (AvgIpc) is 2.67. The van der Waals surface area contributed by atoms with Gasteiger partial charge in [0.15, 0.2) is 6.61 Å². The molecule has 8 heteroatoms. The highest BCUT2D eigenvalue weighted by molar-refractivity contribution is 6.30. The minimum Gasteiger partial charge on any atom is -0.483 e.